The molecule has 0 saturated heterocycles. The van der Waals surface area contributed by atoms with Crippen molar-refractivity contribution in [1.82, 2.24) is 10.6 Å². The second-order valence-electron chi connectivity index (χ2n) is 6.85. The molecule has 0 rings (SSSR count). The molecule has 2 N–H and O–H groups in total. The third-order valence-electron chi connectivity index (χ3n) is 3.68. The van der Waals surface area contributed by atoms with Crippen LogP contribution >= 0.6 is 0 Å². The second-order valence-corrected chi connectivity index (χ2v) is 6.85. The van der Waals surface area contributed by atoms with Crippen molar-refractivity contribution in [3.8, 4) is 0 Å². The summed E-state index contributed by atoms with van der Waals surface area (Å²) in [6.07, 6.45) is 8.26. The number of hydrogen-bond donors (Lipinski definition) is 2. The van der Waals surface area contributed by atoms with Gasteiger partial charge < -0.3 is 10.6 Å². The normalized spacial score (nSPS) is 11.0. The van der Waals surface area contributed by atoms with Crippen LogP contribution in [0.5, 0.6) is 0 Å². The van der Waals surface area contributed by atoms with Crippen molar-refractivity contribution in [2.24, 2.45) is 11.8 Å². The lowest BCUT2D eigenvalue weighted by Gasteiger charge is -2.08. The average Bonchev–Trinajstić information content (AvgIpc) is 2.45. The van der Waals surface area contributed by atoms with E-state index in [1.165, 1.54) is 6.42 Å². The zero-order valence-electron chi connectivity index (χ0n) is 15.0. The Labute approximate surface area is 136 Å². The summed E-state index contributed by atoms with van der Waals surface area (Å²) in [4.78, 5) is 22.9. The van der Waals surface area contributed by atoms with Crippen LogP contribution in [0.25, 0.3) is 0 Å². The molecular formula is C18H36N2O2. The standard InChI is InChI=1S/C18H36N2O2/c1-15(2)11-7-8-12-17(21)19-13-9-5-6-10-14-20-18(22)16(3)4/h15-16H,5-14H2,1-4H3,(H,19,21)(H,20,22). The van der Waals surface area contributed by atoms with Crippen LogP contribution in [0.4, 0.5) is 0 Å². The number of unbranched alkanes of at least 4 members (excludes halogenated alkanes) is 4. The summed E-state index contributed by atoms with van der Waals surface area (Å²) in [6, 6.07) is 0. The van der Waals surface area contributed by atoms with Crippen LogP contribution in [0, 0.1) is 11.8 Å². The molecule has 0 aliphatic rings. The van der Waals surface area contributed by atoms with Gasteiger partial charge in [0.1, 0.15) is 0 Å². The Morgan fingerprint density at radius 1 is 0.773 bits per heavy atom. The zero-order valence-corrected chi connectivity index (χ0v) is 15.0. The summed E-state index contributed by atoms with van der Waals surface area (Å²) in [5.41, 5.74) is 0. The molecule has 0 atom stereocenters. The molecule has 4 nitrogen and oxygen atoms in total. The number of hydrogen-bond acceptors (Lipinski definition) is 2. The molecule has 0 bridgehead atoms. The molecule has 0 unspecified atom stereocenters. The molecule has 0 fully saturated rings. The van der Waals surface area contributed by atoms with Gasteiger partial charge in [0.2, 0.25) is 11.8 Å². The van der Waals surface area contributed by atoms with Crippen LogP contribution in [-0.4, -0.2) is 24.9 Å². The first-order chi connectivity index (χ1) is 10.4. The van der Waals surface area contributed by atoms with Gasteiger partial charge in [-0.2, -0.15) is 0 Å². The van der Waals surface area contributed by atoms with Gasteiger partial charge >= 0.3 is 0 Å². The maximum atomic E-state index is 11.6. The largest absolute Gasteiger partial charge is 0.356 e. The quantitative estimate of drug-likeness (QED) is 0.510. The molecule has 0 spiro atoms. The minimum absolute atomic E-state index is 0.0655. The van der Waals surface area contributed by atoms with E-state index in [1.54, 1.807) is 0 Å². The first-order valence-electron chi connectivity index (χ1n) is 8.98. The van der Waals surface area contributed by atoms with Crippen LogP contribution < -0.4 is 10.6 Å². The Morgan fingerprint density at radius 2 is 1.36 bits per heavy atom. The fourth-order valence-corrected chi connectivity index (χ4v) is 2.17. The van der Waals surface area contributed by atoms with Crippen LogP contribution in [0.2, 0.25) is 0 Å². The van der Waals surface area contributed by atoms with Crippen molar-refractivity contribution in [3.63, 3.8) is 0 Å². The molecule has 0 radical (unpaired) electrons. The molecule has 0 aliphatic heterocycles. The molecule has 4 heteroatoms. The van der Waals surface area contributed by atoms with Gasteiger partial charge in [-0.25, -0.2) is 0 Å². The molecule has 0 aromatic heterocycles. The van der Waals surface area contributed by atoms with Crippen molar-refractivity contribution < 1.29 is 9.59 Å². The van der Waals surface area contributed by atoms with Gasteiger partial charge in [0.15, 0.2) is 0 Å². The lowest BCUT2D eigenvalue weighted by Crippen LogP contribution is -2.28. The van der Waals surface area contributed by atoms with E-state index >= 15 is 0 Å². The smallest absolute Gasteiger partial charge is 0.222 e. The maximum absolute atomic E-state index is 11.6. The summed E-state index contributed by atoms with van der Waals surface area (Å²) in [7, 11) is 0. The second kappa shape index (κ2) is 13.6. The molecule has 0 aromatic rings. The first kappa shape index (κ1) is 20.9. The van der Waals surface area contributed by atoms with E-state index in [9.17, 15) is 9.59 Å². The highest BCUT2D eigenvalue weighted by atomic mass is 16.2. The number of carbonyl (C=O) groups excluding carboxylic acids is 2. The summed E-state index contributed by atoms with van der Waals surface area (Å²) >= 11 is 0. The third kappa shape index (κ3) is 13.9. The van der Waals surface area contributed by atoms with Crippen LogP contribution in [0.1, 0.15) is 79.1 Å². The van der Waals surface area contributed by atoms with Crippen molar-refractivity contribution in [1.29, 1.82) is 0 Å². The molecule has 130 valence electrons. The summed E-state index contributed by atoms with van der Waals surface area (Å²) in [6.45, 7) is 9.78. The Kier molecular flexibility index (Phi) is 12.9. The number of amides is 2. The van der Waals surface area contributed by atoms with Crippen LogP contribution in [0.3, 0.4) is 0 Å². The molecule has 0 saturated carbocycles. The monoisotopic (exact) mass is 312 g/mol. The van der Waals surface area contributed by atoms with E-state index in [-0.39, 0.29) is 17.7 Å². The number of rotatable bonds is 13. The summed E-state index contributed by atoms with van der Waals surface area (Å²) in [5, 5.41) is 5.91. The minimum Gasteiger partial charge on any atom is -0.356 e. The lowest BCUT2D eigenvalue weighted by molar-refractivity contribution is -0.124. The lowest BCUT2D eigenvalue weighted by atomic mass is 10.1. The predicted octanol–water partition coefficient (Wildman–Crippen LogP) is 3.65. The van der Waals surface area contributed by atoms with E-state index in [1.807, 2.05) is 13.8 Å². The van der Waals surface area contributed by atoms with Crippen molar-refractivity contribution >= 4 is 11.8 Å². The summed E-state index contributed by atoms with van der Waals surface area (Å²) in [5.74, 6) is 1.11. The predicted molar refractivity (Wildman–Crippen MR) is 92.6 cm³/mol. The Balaban J connectivity index is 3.28. The van der Waals surface area contributed by atoms with E-state index < -0.39 is 0 Å². The SMILES string of the molecule is CC(C)CCCCC(=O)NCCCCCCNC(=O)C(C)C. The molecule has 2 amide bonds. The maximum Gasteiger partial charge on any atom is 0.222 e. The Hall–Kier alpha value is -1.06. The zero-order chi connectivity index (χ0) is 16.8. The van der Waals surface area contributed by atoms with Crippen LogP contribution in [0.15, 0.2) is 0 Å². The Morgan fingerprint density at radius 3 is 1.91 bits per heavy atom. The topological polar surface area (TPSA) is 58.2 Å². The highest BCUT2D eigenvalue weighted by molar-refractivity contribution is 5.77. The average molecular weight is 312 g/mol. The van der Waals surface area contributed by atoms with Crippen molar-refractivity contribution in [2.45, 2.75) is 79.1 Å². The van der Waals surface area contributed by atoms with Gasteiger partial charge in [-0.05, 0) is 25.2 Å². The highest BCUT2D eigenvalue weighted by Gasteiger charge is 2.04. The first-order valence-corrected chi connectivity index (χ1v) is 8.98. The molecule has 22 heavy (non-hydrogen) atoms. The van der Waals surface area contributed by atoms with Gasteiger partial charge in [0.25, 0.3) is 0 Å². The van der Waals surface area contributed by atoms with E-state index in [0.29, 0.717) is 6.42 Å². The van der Waals surface area contributed by atoms with Crippen molar-refractivity contribution in [2.75, 3.05) is 13.1 Å². The van der Waals surface area contributed by atoms with Gasteiger partial charge in [-0.15, -0.1) is 0 Å². The molecule has 0 aliphatic carbocycles. The highest BCUT2D eigenvalue weighted by Crippen LogP contribution is 2.07. The summed E-state index contributed by atoms with van der Waals surface area (Å²) < 4.78 is 0. The molecule has 0 aromatic carbocycles. The van der Waals surface area contributed by atoms with Crippen molar-refractivity contribution in [3.05, 3.63) is 0 Å². The molecule has 0 heterocycles. The van der Waals surface area contributed by atoms with Gasteiger partial charge in [-0.1, -0.05) is 53.4 Å². The van der Waals surface area contributed by atoms with Gasteiger partial charge in [-0.3, -0.25) is 9.59 Å². The Bertz CT molecular complexity index is 301. The van der Waals surface area contributed by atoms with E-state index in [4.69, 9.17) is 0 Å². The number of nitrogens with one attached hydrogen (secondary N) is 2. The van der Waals surface area contributed by atoms with Crippen LogP contribution in [-0.2, 0) is 9.59 Å². The minimum atomic E-state index is 0.0655. The fourth-order valence-electron chi connectivity index (χ4n) is 2.17. The molecular weight excluding hydrogens is 276 g/mol. The number of carbonyl (C=O) groups is 2. The van der Waals surface area contributed by atoms with Gasteiger partial charge in [0, 0.05) is 25.4 Å². The third-order valence-corrected chi connectivity index (χ3v) is 3.68. The van der Waals surface area contributed by atoms with E-state index in [0.717, 1.165) is 57.5 Å². The van der Waals surface area contributed by atoms with E-state index in [2.05, 4.69) is 24.5 Å². The van der Waals surface area contributed by atoms with Gasteiger partial charge in [0.05, 0.1) is 0 Å². The fraction of sp³-hybridized carbons (Fsp3) is 0.889.